The van der Waals surface area contributed by atoms with Crippen LogP contribution in [-0.2, 0) is 11.3 Å². The lowest BCUT2D eigenvalue weighted by Gasteiger charge is -2.19. The minimum atomic E-state index is 0.0402. The Hall–Kier alpha value is -2.27. The molecule has 0 aromatic heterocycles. The van der Waals surface area contributed by atoms with Crippen molar-refractivity contribution in [3.8, 4) is 11.5 Å². The standard InChI is InChI=1S/C19H24N2O3/c1-13(22)20-15-9-10-21(12-15)11-14-7-8-17(23-2)16-5-4-6-18(24-3)19(14)16/h4-8,15H,9-12H2,1-3H3,(H,20,22). The van der Waals surface area contributed by atoms with Crippen LogP contribution in [0.5, 0.6) is 11.5 Å². The van der Waals surface area contributed by atoms with Crippen LogP contribution in [-0.4, -0.2) is 44.2 Å². The molecule has 24 heavy (non-hydrogen) atoms. The van der Waals surface area contributed by atoms with Crippen LogP contribution in [0.15, 0.2) is 30.3 Å². The predicted molar refractivity (Wildman–Crippen MR) is 94.6 cm³/mol. The monoisotopic (exact) mass is 328 g/mol. The second-order valence-corrected chi connectivity index (χ2v) is 6.23. The molecule has 1 aliphatic heterocycles. The first-order chi connectivity index (χ1) is 11.6. The second kappa shape index (κ2) is 7.09. The Morgan fingerprint density at radius 2 is 2.00 bits per heavy atom. The van der Waals surface area contributed by atoms with E-state index in [0.29, 0.717) is 0 Å². The van der Waals surface area contributed by atoms with E-state index in [2.05, 4.69) is 22.3 Å². The molecule has 0 radical (unpaired) electrons. The molecule has 1 saturated heterocycles. The molecule has 0 aliphatic carbocycles. The quantitative estimate of drug-likeness (QED) is 0.916. The Balaban J connectivity index is 1.89. The smallest absolute Gasteiger partial charge is 0.217 e. The molecule has 5 heteroatoms. The van der Waals surface area contributed by atoms with E-state index in [4.69, 9.17) is 9.47 Å². The van der Waals surface area contributed by atoms with Gasteiger partial charge in [-0.15, -0.1) is 0 Å². The molecule has 1 N–H and O–H groups in total. The number of ether oxygens (including phenoxy) is 2. The molecular weight excluding hydrogens is 304 g/mol. The minimum absolute atomic E-state index is 0.0402. The summed E-state index contributed by atoms with van der Waals surface area (Å²) >= 11 is 0. The number of fused-ring (bicyclic) bond motifs is 1. The number of hydrogen-bond acceptors (Lipinski definition) is 4. The summed E-state index contributed by atoms with van der Waals surface area (Å²) in [6.45, 7) is 4.26. The van der Waals surface area contributed by atoms with Crippen LogP contribution in [0.3, 0.4) is 0 Å². The van der Waals surface area contributed by atoms with Crippen molar-refractivity contribution in [1.82, 2.24) is 10.2 Å². The fraction of sp³-hybridized carbons (Fsp3) is 0.421. The number of likely N-dealkylation sites (tertiary alicyclic amines) is 1. The Morgan fingerprint density at radius 3 is 2.71 bits per heavy atom. The zero-order valence-corrected chi connectivity index (χ0v) is 14.5. The third-order valence-electron chi connectivity index (χ3n) is 4.56. The zero-order valence-electron chi connectivity index (χ0n) is 14.5. The maximum atomic E-state index is 11.2. The number of hydrogen-bond donors (Lipinski definition) is 1. The summed E-state index contributed by atoms with van der Waals surface area (Å²) in [7, 11) is 3.38. The Bertz CT molecular complexity index is 745. The number of rotatable bonds is 5. The Kier molecular flexibility index (Phi) is 4.90. The van der Waals surface area contributed by atoms with Gasteiger partial charge in [0, 0.05) is 43.4 Å². The lowest BCUT2D eigenvalue weighted by Crippen LogP contribution is -2.35. The average Bonchev–Trinajstić information content (AvgIpc) is 3.00. The third kappa shape index (κ3) is 3.31. The van der Waals surface area contributed by atoms with E-state index in [9.17, 15) is 4.79 Å². The van der Waals surface area contributed by atoms with Gasteiger partial charge in [0.05, 0.1) is 14.2 Å². The molecule has 128 valence electrons. The van der Waals surface area contributed by atoms with Crippen LogP contribution in [0.4, 0.5) is 0 Å². The fourth-order valence-corrected chi connectivity index (χ4v) is 3.52. The number of carbonyl (C=O) groups excluding carboxylic acids is 1. The first-order valence-electron chi connectivity index (χ1n) is 8.24. The number of benzene rings is 2. The molecule has 0 spiro atoms. The normalized spacial score (nSPS) is 17.9. The van der Waals surface area contributed by atoms with Crippen molar-refractivity contribution >= 4 is 16.7 Å². The van der Waals surface area contributed by atoms with Crippen LogP contribution in [0.1, 0.15) is 18.9 Å². The molecule has 2 aromatic rings. The first kappa shape index (κ1) is 16.6. The van der Waals surface area contributed by atoms with Gasteiger partial charge in [0.1, 0.15) is 11.5 Å². The third-order valence-corrected chi connectivity index (χ3v) is 4.56. The Morgan fingerprint density at radius 1 is 1.21 bits per heavy atom. The van der Waals surface area contributed by atoms with Crippen molar-refractivity contribution in [1.29, 1.82) is 0 Å². The first-order valence-corrected chi connectivity index (χ1v) is 8.24. The van der Waals surface area contributed by atoms with Crippen molar-refractivity contribution in [3.63, 3.8) is 0 Å². The highest BCUT2D eigenvalue weighted by Crippen LogP contribution is 2.35. The van der Waals surface area contributed by atoms with E-state index < -0.39 is 0 Å². The largest absolute Gasteiger partial charge is 0.496 e. The van der Waals surface area contributed by atoms with Crippen LogP contribution >= 0.6 is 0 Å². The van der Waals surface area contributed by atoms with Crippen LogP contribution in [0.25, 0.3) is 10.8 Å². The maximum absolute atomic E-state index is 11.2. The Labute approximate surface area is 142 Å². The molecule has 1 amide bonds. The van der Waals surface area contributed by atoms with Crippen molar-refractivity contribution in [2.24, 2.45) is 0 Å². The highest BCUT2D eigenvalue weighted by molar-refractivity contribution is 5.95. The van der Waals surface area contributed by atoms with Gasteiger partial charge in [-0.05, 0) is 24.1 Å². The van der Waals surface area contributed by atoms with Gasteiger partial charge >= 0.3 is 0 Å². The van der Waals surface area contributed by atoms with Gasteiger partial charge in [0.15, 0.2) is 0 Å². The molecule has 1 fully saturated rings. The summed E-state index contributed by atoms with van der Waals surface area (Å²) in [5.41, 5.74) is 1.21. The van der Waals surface area contributed by atoms with E-state index in [1.54, 1.807) is 21.1 Å². The number of carbonyl (C=O) groups is 1. The maximum Gasteiger partial charge on any atom is 0.217 e. The fourth-order valence-electron chi connectivity index (χ4n) is 3.52. The van der Waals surface area contributed by atoms with Gasteiger partial charge in [-0.1, -0.05) is 18.2 Å². The molecule has 0 saturated carbocycles. The van der Waals surface area contributed by atoms with Crippen LogP contribution < -0.4 is 14.8 Å². The number of nitrogens with zero attached hydrogens (tertiary/aromatic N) is 1. The van der Waals surface area contributed by atoms with E-state index in [1.165, 1.54) is 5.56 Å². The van der Waals surface area contributed by atoms with Crippen molar-refractivity contribution < 1.29 is 14.3 Å². The van der Waals surface area contributed by atoms with Crippen molar-refractivity contribution in [2.45, 2.75) is 25.9 Å². The molecule has 1 unspecified atom stereocenters. The minimum Gasteiger partial charge on any atom is -0.496 e. The zero-order chi connectivity index (χ0) is 17.1. The van der Waals surface area contributed by atoms with Crippen molar-refractivity contribution in [3.05, 3.63) is 35.9 Å². The summed E-state index contributed by atoms with van der Waals surface area (Å²) in [5, 5.41) is 5.17. The molecule has 2 aromatic carbocycles. The molecular formula is C19H24N2O3. The molecule has 1 heterocycles. The summed E-state index contributed by atoms with van der Waals surface area (Å²) in [4.78, 5) is 13.6. The van der Waals surface area contributed by atoms with Gasteiger partial charge < -0.3 is 14.8 Å². The van der Waals surface area contributed by atoms with Gasteiger partial charge in [-0.25, -0.2) is 0 Å². The molecule has 0 bridgehead atoms. The summed E-state index contributed by atoms with van der Waals surface area (Å²) < 4.78 is 11.1. The summed E-state index contributed by atoms with van der Waals surface area (Å²) in [6, 6.07) is 10.4. The van der Waals surface area contributed by atoms with Crippen molar-refractivity contribution in [2.75, 3.05) is 27.3 Å². The summed E-state index contributed by atoms with van der Waals surface area (Å²) in [5.74, 6) is 1.75. The topological polar surface area (TPSA) is 50.8 Å². The van der Waals surface area contributed by atoms with Crippen LogP contribution in [0.2, 0.25) is 0 Å². The lowest BCUT2D eigenvalue weighted by atomic mass is 10.0. The van der Waals surface area contributed by atoms with E-state index in [1.807, 2.05) is 18.2 Å². The van der Waals surface area contributed by atoms with Crippen LogP contribution in [0, 0.1) is 0 Å². The van der Waals surface area contributed by atoms with E-state index in [-0.39, 0.29) is 11.9 Å². The second-order valence-electron chi connectivity index (χ2n) is 6.23. The molecule has 1 aliphatic rings. The highest BCUT2D eigenvalue weighted by Gasteiger charge is 2.24. The SMILES string of the molecule is COc1ccc(CN2CCC(NC(C)=O)C2)c2c(OC)cccc12. The molecule has 1 atom stereocenters. The number of amides is 1. The molecule has 3 rings (SSSR count). The highest BCUT2D eigenvalue weighted by atomic mass is 16.5. The van der Waals surface area contributed by atoms with Gasteiger partial charge in [0.25, 0.3) is 0 Å². The average molecular weight is 328 g/mol. The van der Waals surface area contributed by atoms with Gasteiger partial charge in [0.2, 0.25) is 5.91 Å². The summed E-state index contributed by atoms with van der Waals surface area (Å²) in [6.07, 6.45) is 0.991. The number of nitrogens with one attached hydrogen (secondary N) is 1. The predicted octanol–water partition coefficient (Wildman–Crippen LogP) is 2.57. The van der Waals surface area contributed by atoms with E-state index in [0.717, 1.165) is 48.3 Å². The molecule has 5 nitrogen and oxygen atoms in total. The van der Waals surface area contributed by atoms with Gasteiger partial charge in [-0.2, -0.15) is 0 Å². The van der Waals surface area contributed by atoms with Gasteiger partial charge in [-0.3, -0.25) is 9.69 Å². The van der Waals surface area contributed by atoms with E-state index >= 15 is 0 Å². The lowest BCUT2D eigenvalue weighted by molar-refractivity contribution is -0.119. The number of methoxy groups -OCH3 is 2.